The van der Waals surface area contributed by atoms with Crippen LogP contribution in [0, 0.1) is 12.8 Å². The maximum atomic E-state index is 4.77. The molecule has 3 aromatic rings. The average Bonchev–Trinajstić information content (AvgIpc) is 3.29. The number of anilines is 3. The zero-order valence-electron chi connectivity index (χ0n) is 15.7. The summed E-state index contributed by atoms with van der Waals surface area (Å²) in [7, 11) is 0. The van der Waals surface area contributed by atoms with Crippen LogP contribution in [0.2, 0.25) is 0 Å². The SMILES string of the molecule is Cc1cc(Nc2cc(N3CCC(C)C3)nc(/C=C/c3ccccc3)n2)n[nH]1. The summed E-state index contributed by atoms with van der Waals surface area (Å²) in [5.74, 6) is 3.83. The summed E-state index contributed by atoms with van der Waals surface area (Å²) in [5, 5.41) is 10.5. The maximum absolute atomic E-state index is 4.77. The Morgan fingerprint density at radius 1 is 1.11 bits per heavy atom. The minimum Gasteiger partial charge on any atom is -0.356 e. The predicted molar refractivity (Wildman–Crippen MR) is 110 cm³/mol. The number of aromatic amines is 1. The molecule has 138 valence electrons. The summed E-state index contributed by atoms with van der Waals surface area (Å²) in [5.41, 5.74) is 2.13. The first kappa shape index (κ1) is 17.3. The largest absolute Gasteiger partial charge is 0.356 e. The fourth-order valence-electron chi connectivity index (χ4n) is 3.24. The first-order valence-corrected chi connectivity index (χ1v) is 9.32. The number of nitrogens with one attached hydrogen (secondary N) is 2. The van der Waals surface area contributed by atoms with E-state index < -0.39 is 0 Å². The molecule has 1 aliphatic heterocycles. The molecule has 6 nitrogen and oxygen atoms in total. The number of hydrogen-bond donors (Lipinski definition) is 2. The fraction of sp³-hybridized carbons (Fsp3) is 0.286. The van der Waals surface area contributed by atoms with E-state index in [9.17, 15) is 0 Å². The number of benzene rings is 1. The highest BCUT2D eigenvalue weighted by atomic mass is 15.2. The third kappa shape index (κ3) is 4.34. The van der Waals surface area contributed by atoms with Gasteiger partial charge in [0, 0.05) is 30.9 Å². The molecule has 1 aliphatic rings. The molecule has 0 saturated carbocycles. The van der Waals surface area contributed by atoms with Crippen molar-refractivity contribution in [2.45, 2.75) is 20.3 Å². The monoisotopic (exact) mass is 360 g/mol. The van der Waals surface area contributed by atoms with Gasteiger partial charge in [0.05, 0.1) is 0 Å². The molecule has 2 aromatic heterocycles. The molecule has 1 unspecified atom stereocenters. The molecule has 0 spiro atoms. The molecule has 0 radical (unpaired) electrons. The molecule has 2 N–H and O–H groups in total. The van der Waals surface area contributed by atoms with Gasteiger partial charge in [-0.25, -0.2) is 9.97 Å². The molecule has 1 atom stereocenters. The molecule has 3 heterocycles. The average molecular weight is 360 g/mol. The van der Waals surface area contributed by atoms with E-state index in [4.69, 9.17) is 4.98 Å². The Bertz CT molecular complexity index is 931. The number of hydrogen-bond acceptors (Lipinski definition) is 5. The first-order chi connectivity index (χ1) is 13.2. The second-order valence-corrected chi connectivity index (χ2v) is 7.11. The Morgan fingerprint density at radius 3 is 2.67 bits per heavy atom. The van der Waals surface area contributed by atoms with Gasteiger partial charge in [-0.3, -0.25) is 5.10 Å². The van der Waals surface area contributed by atoms with Gasteiger partial charge in [-0.2, -0.15) is 5.10 Å². The molecule has 27 heavy (non-hydrogen) atoms. The zero-order chi connectivity index (χ0) is 18.6. The van der Waals surface area contributed by atoms with Crippen molar-refractivity contribution in [1.82, 2.24) is 20.2 Å². The van der Waals surface area contributed by atoms with Gasteiger partial charge in [0.1, 0.15) is 11.6 Å². The summed E-state index contributed by atoms with van der Waals surface area (Å²) >= 11 is 0. The number of aromatic nitrogens is 4. The van der Waals surface area contributed by atoms with E-state index in [0.717, 1.165) is 41.8 Å². The lowest BCUT2D eigenvalue weighted by Crippen LogP contribution is -2.21. The van der Waals surface area contributed by atoms with E-state index in [1.807, 2.05) is 49.4 Å². The Balaban J connectivity index is 1.64. The second-order valence-electron chi connectivity index (χ2n) is 7.11. The third-order valence-electron chi connectivity index (χ3n) is 4.66. The smallest absolute Gasteiger partial charge is 0.156 e. The minimum absolute atomic E-state index is 0.686. The van der Waals surface area contributed by atoms with E-state index >= 15 is 0 Å². The lowest BCUT2D eigenvalue weighted by atomic mass is 10.2. The van der Waals surface area contributed by atoms with Crippen LogP contribution in [0.5, 0.6) is 0 Å². The van der Waals surface area contributed by atoms with Crippen molar-refractivity contribution in [2.24, 2.45) is 5.92 Å². The van der Waals surface area contributed by atoms with E-state index in [0.29, 0.717) is 11.7 Å². The molecule has 4 rings (SSSR count). The van der Waals surface area contributed by atoms with E-state index in [-0.39, 0.29) is 0 Å². The Hall–Kier alpha value is -3.15. The lowest BCUT2D eigenvalue weighted by molar-refractivity contribution is 0.659. The van der Waals surface area contributed by atoms with E-state index in [1.165, 1.54) is 6.42 Å². The third-order valence-corrected chi connectivity index (χ3v) is 4.66. The van der Waals surface area contributed by atoms with Gasteiger partial charge in [-0.05, 0) is 30.9 Å². The standard InChI is InChI=1S/C21H24N6/c1-15-10-11-27(14-15)21-13-19(23-20-12-16(2)25-26-20)22-18(24-21)9-8-17-6-4-3-5-7-17/h3-9,12-13,15H,10-11,14H2,1-2H3,(H2,22,23,24,25,26)/b9-8+. The summed E-state index contributed by atoms with van der Waals surface area (Å²) in [6.07, 6.45) is 5.19. The number of nitrogens with zero attached hydrogens (tertiary/aromatic N) is 4. The Labute approximate surface area is 159 Å². The molecule has 0 aliphatic carbocycles. The molecular weight excluding hydrogens is 336 g/mol. The van der Waals surface area contributed by atoms with Crippen molar-refractivity contribution in [3.8, 4) is 0 Å². The molecule has 0 amide bonds. The highest BCUT2D eigenvalue weighted by Gasteiger charge is 2.21. The first-order valence-electron chi connectivity index (χ1n) is 9.32. The number of rotatable bonds is 5. The van der Waals surface area contributed by atoms with Crippen LogP contribution in [0.3, 0.4) is 0 Å². The molecular formula is C21H24N6. The van der Waals surface area contributed by atoms with Crippen molar-refractivity contribution < 1.29 is 0 Å². The minimum atomic E-state index is 0.686. The van der Waals surface area contributed by atoms with Gasteiger partial charge >= 0.3 is 0 Å². The van der Waals surface area contributed by atoms with Gasteiger partial charge in [0.2, 0.25) is 0 Å². The Morgan fingerprint density at radius 2 is 1.96 bits per heavy atom. The molecule has 0 bridgehead atoms. The van der Waals surface area contributed by atoms with Gasteiger partial charge in [0.25, 0.3) is 0 Å². The van der Waals surface area contributed by atoms with Gasteiger partial charge in [-0.1, -0.05) is 43.3 Å². The van der Waals surface area contributed by atoms with Crippen molar-refractivity contribution in [3.05, 3.63) is 59.5 Å². The van der Waals surface area contributed by atoms with Crippen LogP contribution in [0.15, 0.2) is 42.5 Å². The molecule has 1 saturated heterocycles. The van der Waals surface area contributed by atoms with Crippen molar-refractivity contribution in [1.29, 1.82) is 0 Å². The summed E-state index contributed by atoms with van der Waals surface area (Å²) in [4.78, 5) is 11.8. The van der Waals surface area contributed by atoms with Crippen LogP contribution < -0.4 is 10.2 Å². The van der Waals surface area contributed by atoms with Crippen LogP contribution >= 0.6 is 0 Å². The van der Waals surface area contributed by atoms with Crippen molar-refractivity contribution >= 4 is 29.6 Å². The van der Waals surface area contributed by atoms with Crippen LogP contribution in [0.25, 0.3) is 12.2 Å². The molecule has 1 fully saturated rings. The molecule has 6 heteroatoms. The van der Waals surface area contributed by atoms with E-state index in [2.05, 4.69) is 44.5 Å². The lowest BCUT2D eigenvalue weighted by Gasteiger charge is -2.18. The van der Waals surface area contributed by atoms with Crippen LogP contribution in [0.1, 0.15) is 30.4 Å². The van der Waals surface area contributed by atoms with Crippen molar-refractivity contribution in [2.75, 3.05) is 23.3 Å². The maximum Gasteiger partial charge on any atom is 0.156 e. The second kappa shape index (κ2) is 7.61. The Kier molecular flexibility index (Phi) is 4.87. The predicted octanol–water partition coefficient (Wildman–Crippen LogP) is 4.27. The summed E-state index contributed by atoms with van der Waals surface area (Å²) in [6, 6.07) is 14.1. The summed E-state index contributed by atoms with van der Waals surface area (Å²) < 4.78 is 0. The van der Waals surface area contributed by atoms with Crippen LogP contribution in [-0.2, 0) is 0 Å². The van der Waals surface area contributed by atoms with Gasteiger partial charge in [0.15, 0.2) is 11.6 Å². The zero-order valence-corrected chi connectivity index (χ0v) is 15.7. The summed E-state index contributed by atoms with van der Waals surface area (Å²) in [6.45, 7) is 6.31. The normalized spacial score (nSPS) is 17.0. The molecule has 1 aromatic carbocycles. The van der Waals surface area contributed by atoms with Crippen LogP contribution in [0.4, 0.5) is 17.5 Å². The highest BCUT2D eigenvalue weighted by Crippen LogP contribution is 2.25. The van der Waals surface area contributed by atoms with Gasteiger partial charge < -0.3 is 10.2 Å². The highest BCUT2D eigenvalue weighted by molar-refractivity contribution is 5.69. The number of H-pyrrole nitrogens is 1. The quantitative estimate of drug-likeness (QED) is 0.711. The topological polar surface area (TPSA) is 69.7 Å². The number of aryl methyl sites for hydroxylation is 1. The van der Waals surface area contributed by atoms with Crippen molar-refractivity contribution in [3.63, 3.8) is 0 Å². The van der Waals surface area contributed by atoms with Gasteiger partial charge in [-0.15, -0.1) is 0 Å². The fourth-order valence-corrected chi connectivity index (χ4v) is 3.24. The van der Waals surface area contributed by atoms with Crippen LogP contribution in [-0.4, -0.2) is 33.3 Å². The van der Waals surface area contributed by atoms with E-state index in [1.54, 1.807) is 0 Å².